The molecule has 3 aromatic carbocycles. The minimum absolute atomic E-state index is 0.0859. The molecule has 3 aromatic rings. The van der Waals surface area contributed by atoms with Crippen LogP contribution in [0.1, 0.15) is 27.0 Å². The summed E-state index contributed by atoms with van der Waals surface area (Å²) < 4.78 is 25.4. The van der Waals surface area contributed by atoms with Crippen molar-refractivity contribution in [3.63, 3.8) is 0 Å². The second kappa shape index (κ2) is 7.49. The van der Waals surface area contributed by atoms with Gasteiger partial charge in [0.2, 0.25) is 5.78 Å². The minimum atomic E-state index is -0.322. The average molecular weight is 395 g/mol. The van der Waals surface area contributed by atoms with Gasteiger partial charge in [0.25, 0.3) is 0 Å². The fraction of sp³-hybridized carbons (Fsp3) is 0.0870. The van der Waals surface area contributed by atoms with Crippen LogP contribution in [0.2, 0.25) is 5.02 Å². The van der Waals surface area contributed by atoms with Crippen LogP contribution in [0.15, 0.2) is 66.4 Å². The average Bonchev–Trinajstić information content (AvgIpc) is 3.01. The molecular weight excluding hydrogens is 379 g/mol. The lowest BCUT2D eigenvalue weighted by Crippen LogP contribution is -2.00. The van der Waals surface area contributed by atoms with E-state index in [1.165, 1.54) is 6.07 Å². The summed E-state index contributed by atoms with van der Waals surface area (Å²) >= 11 is 6.17. The Morgan fingerprint density at radius 3 is 2.61 bits per heavy atom. The molecule has 0 fully saturated rings. The van der Waals surface area contributed by atoms with Gasteiger partial charge < -0.3 is 9.47 Å². The van der Waals surface area contributed by atoms with Crippen molar-refractivity contribution >= 4 is 23.5 Å². The summed E-state index contributed by atoms with van der Waals surface area (Å²) in [4.78, 5) is 12.7. The lowest BCUT2D eigenvalue weighted by Gasteiger charge is -2.12. The van der Waals surface area contributed by atoms with Gasteiger partial charge in [0.05, 0.1) is 5.56 Å². The van der Waals surface area contributed by atoms with Crippen molar-refractivity contribution in [3.05, 3.63) is 99.5 Å². The quantitative estimate of drug-likeness (QED) is 0.510. The molecule has 0 aliphatic carbocycles. The molecule has 1 heterocycles. The van der Waals surface area contributed by atoms with Crippen LogP contribution >= 0.6 is 11.6 Å². The Kier molecular flexibility index (Phi) is 4.88. The number of rotatable bonds is 4. The Balaban J connectivity index is 1.60. The zero-order valence-corrected chi connectivity index (χ0v) is 15.8. The topological polar surface area (TPSA) is 35.5 Å². The minimum Gasteiger partial charge on any atom is -0.488 e. The fourth-order valence-electron chi connectivity index (χ4n) is 3.03. The largest absolute Gasteiger partial charge is 0.488 e. The molecule has 0 N–H and O–H groups in total. The molecule has 28 heavy (non-hydrogen) atoms. The molecule has 0 atom stereocenters. The highest BCUT2D eigenvalue weighted by Gasteiger charge is 2.30. The van der Waals surface area contributed by atoms with E-state index in [1.807, 2.05) is 18.2 Å². The maximum absolute atomic E-state index is 13.8. The molecular formula is C23H16ClFO3. The van der Waals surface area contributed by atoms with Crippen molar-refractivity contribution in [1.82, 2.24) is 0 Å². The predicted molar refractivity (Wildman–Crippen MR) is 106 cm³/mol. The van der Waals surface area contributed by atoms with E-state index in [0.29, 0.717) is 38.8 Å². The summed E-state index contributed by atoms with van der Waals surface area (Å²) in [6.07, 6.45) is 1.63. The van der Waals surface area contributed by atoms with Crippen molar-refractivity contribution < 1.29 is 18.7 Å². The number of carbonyl (C=O) groups excluding carboxylic acids is 1. The first-order valence-electron chi connectivity index (χ1n) is 8.73. The van der Waals surface area contributed by atoms with Gasteiger partial charge in [-0.05, 0) is 42.8 Å². The van der Waals surface area contributed by atoms with E-state index in [4.69, 9.17) is 21.1 Å². The highest BCUT2D eigenvalue weighted by Crippen LogP contribution is 2.39. The summed E-state index contributed by atoms with van der Waals surface area (Å²) in [5.41, 5.74) is 2.31. The third kappa shape index (κ3) is 3.39. The van der Waals surface area contributed by atoms with E-state index < -0.39 is 0 Å². The molecule has 0 aromatic heterocycles. The van der Waals surface area contributed by atoms with Gasteiger partial charge in [-0.3, -0.25) is 4.79 Å². The van der Waals surface area contributed by atoms with Gasteiger partial charge in [0.15, 0.2) is 5.76 Å². The van der Waals surface area contributed by atoms with Crippen LogP contribution in [-0.2, 0) is 6.61 Å². The molecule has 0 unspecified atom stereocenters. The standard InChI is InChI=1S/C23H16ClFO3/c1-14-20(27-13-16-7-3-5-9-19(16)25)11-10-17-22(26)21(28-23(14)17)12-15-6-2-4-8-18(15)24/h2-12H,13H2,1H3/b21-12-. The van der Waals surface area contributed by atoms with E-state index in [-0.39, 0.29) is 24.0 Å². The number of benzene rings is 3. The maximum atomic E-state index is 13.8. The van der Waals surface area contributed by atoms with E-state index in [2.05, 4.69) is 0 Å². The molecule has 3 nitrogen and oxygen atoms in total. The number of carbonyl (C=O) groups is 1. The van der Waals surface area contributed by atoms with E-state index in [9.17, 15) is 9.18 Å². The third-order valence-electron chi connectivity index (χ3n) is 4.57. The lowest BCUT2D eigenvalue weighted by atomic mass is 10.1. The third-order valence-corrected chi connectivity index (χ3v) is 4.91. The van der Waals surface area contributed by atoms with Crippen molar-refractivity contribution in [3.8, 4) is 11.5 Å². The second-order valence-corrected chi connectivity index (χ2v) is 6.81. The molecule has 0 bridgehead atoms. The van der Waals surface area contributed by atoms with E-state index >= 15 is 0 Å². The Morgan fingerprint density at radius 1 is 1.07 bits per heavy atom. The number of hydrogen-bond acceptors (Lipinski definition) is 3. The molecule has 5 heteroatoms. The summed E-state index contributed by atoms with van der Waals surface area (Å²) in [6.45, 7) is 1.89. The number of fused-ring (bicyclic) bond motifs is 1. The van der Waals surface area contributed by atoms with E-state index in [1.54, 1.807) is 49.4 Å². The van der Waals surface area contributed by atoms with Crippen LogP contribution < -0.4 is 9.47 Å². The number of allylic oxidation sites excluding steroid dienone is 1. The second-order valence-electron chi connectivity index (χ2n) is 6.41. The van der Waals surface area contributed by atoms with Gasteiger partial charge in [0.1, 0.15) is 23.9 Å². The van der Waals surface area contributed by atoms with Crippen LogP contribution in [0.25, 0.3) is 6.08 Å². The van der Waals surface area contributed by atoms with Crippen molar-refractivity contribution in [2.24, 2.45) is 0 Å². The zero-order valence-electron chi connectivity index (χ0n) is 15.0. The van der Waals surface area contributed by atoms with Gasteiger partial charge in [-0.25, -0.2) is 4.39 Å². The molecule has 0 spiro atoms. The number of halogens is 2. The highest BCUT2D eigenvalue weighted by atomic mass is 35.5. The van der Waals surface area contributed by atoms with Crippen LogP contribution in [-0.4, -0.2) is 5.78 Å². The summed E-state index contributed by atoms with van der Waals surface area (Å²) in [7, 11) is 0. The molecule has 140 valence electrons. The monoisotopic (exact) mass is 394 g/mol. The highest BCUT2D eigenvalue weighted by molar-refractivity contribution is 6.32. The van der Waals surface area contributed by atoms with Crippen molar-refractivity contribution in [2.45, 2.75) is 13.5 Å². The van der Waals surface area contributed by atoms with Crippen LogP contribution in [0.5, 0.6) is 11.5 Å². The Hall–Kier alpha value is -3.11. The van der Waals surface area contributed by atoms with Crippen LogP contribution in [0.4, 0.5) is 4.39 Å². The number of hydrogen-bond donors (Lipinski definition) is 0. The molecule has 4 rings (SSSR count). The molecule has 0 amide bonds. The summed E-state index contributed by atoms with van der Waals surface area (Å²) in [6, 6.07) is 17.0. The lowest BCUT2D eigenvalue weighted by molar-refractivity contribution is 0.101. The Bertz CT molecular complexity index is 1100. The maximum Gasteiger partial charge on any atom is 0.231 e. The molecule has 0 saturated heterocycles. The number of Topliss-reactive ketones (excluding diaryl/α,β-unsaturated/α-hetero) is 1. The summed E-state index contributed by atoms with van der Waals surface area (Å²) in [5, 5.41) is 0.535. The first-order valence-corrected chi connectivity index (χ1v) is 9.11. The molecule has 1 aliphatic rings. The smallest absolute Gasteiger partial charge is 0.231 e. The van der Waals surface area contributed by atoms with Gasteiger partial charge in [-0.1, -0.05) is 48.0 Å². The normalized spacial score (nSPS) is 14.1. The number of ketones is 1. The van der Waals surface area contributed by atoms with Crippen molar-refractivity contribution in [1.29, 1.82) is 0 Å². The first kappa shape index (κ1) is 18.3. The SMILES string of the molecule is Cc1c(OCc2ccccc2F)ccc2c1O/C(=C\c1ccccc1Cl)C2=O. The molecule has 1 aliphatic heterocycles. The fourth-order valence-corrected chi connectivity index (χ4v) is 3.22. The summed E-state index contributed by atoms with van der Waals surface area (Å²) in [5.74, 6) is 0.664. The predicted octanol–water partition coefficient (Wildman–Crippen LogP) is 5.98. The number of ether oxygens (including phenoxy) is 2. The van der Waals surface area contributed by atoms with Crippen LogP contribution in [0, 0.1) is 12.7 Å². The molecule has 0 radical (unpaired) electrons. The Morgan fingerprint density at radius 2 is 1.82 bits per heavy atom. The Labute approximate surface area is 167 Å². The van der Waals surface area contributed by atoms with Gasteiger partial charge in [-0.2, -0.15) is 0 Å². The first-order chi connectivity index (χ1) is 13.5. The van der Waals surface area contributed by atoms with E-state index in [0.717, 1.165) is 0 Å². The molecule has 0 saturated carbocycles. The van der Waals surface area contributed by atoms with Crippen molar-refractivity contribution in [2.75, 3.05) is 0 Å². The van der Waals surface area contributed by atoms with Gasteiger partial charge >= 0.3 is 0 Å². The zero-order chi connectivity index (χ0) is 19.7. The van der Waals surface area contributed by atoms with Gasteiger partial charge in [0, 0.05) is 16.1 Å². The van der Waals surface area contributed by atoms with Gasteiger partial charge in [-0.15, -0.1) is 0 Å². The van der Waals surface area contributed by atoms with Crippen LogP contribution in [0.3, 0.4) is 0 Å².